The summed E-state index contributed by atoms with van der Waals surface area (Å²) in [6.45, 7) is 2.11. The van der Waals surface area contributed by atoms with Crippen molar-refractivity contribution in [2.24, 2.45) is 0 Å². The minimum absolute atomic E-state index is 0.394. The van der Waals surface area contributed by atoms with Crippen LogP contribution >= 0.6 is 15.9 Å². The highest BCUT2D eigenvalue weighted by atomic mass is 79.9. The molecule has 0 amide bonds. The molecule has 2 rings (SSSR count). The fraction of sp³-hybridized carbons (Fsp3) is 0.250. The molecule has 0 saturated heterocycles. The first-order chi connectivity index (χ1) is 7.72. The number of nitrogens with zero attached hydrogens (tertiary/aromatic N) is 1. The molecule has 2 N–H and O–H groups in total. The van der Waals surface area contributed by atoms with Gasteiger partial charge < -0.3 is 10.3 Å². The summed E-state index contributed by atoms with van der Waals surface area (Å²) in [5.41, 5.74) is 8.71. The van der Waals surface area contributed by atoms with Gasteiger partial charge in [-0.2, -0.15) is 0 Å². The van der Waals surface area contributed by atoms with E-state index in [1.807, 2.05) is 24.3 Å². The third-order valence-corrected chi connectivity index (χ3v) is 2.94. The Morgan fingerprint density at radius 3 is 2.62 bits per heavy atom. The summed E-state index contributed by atoms with van der Waals surface area (Å²) in [6.07, 6.45) is 1.90. The van der Waals surface area contributed by atoms with Crippen LogP contribution in [0.2, 0.25) is 0 Å². The Kier molecular flexibility index (Phi) is 3.29. The summed E-state index contributed by atoms with van der Waals surface area (Å²) >= 11 is 3.41. The molecule has 2 aromatic rings. The smallest absolute Gasteiger partial charge is 0.230 e. The maximum atomic E-state index is 5.80. The van der Waals surface area contributed by atoms with Crippen molar-refractivity contribution in [3.63, 3.8) is 0 Å². The van der Waals surface area contributed by atoms with Crippen molar-refractivity contribution in [1.82, 2.24) is 5.16 Å². The van der Waals surface area contributed by atoms with Crippen molar-refractivity contribution in [3.05, 3.63) is 34.4 Å². The molecule has 0 aliphatic rings. The van der Waals surface area contributed by atoms with Crippen LogP contribution in [0.5, 0.6) is 0 Å². The van der Waals surface area contributed by atoms with Crippen LogP contribution in [-0.2, 0) is 6.42 Å². The number of hydrogen-bond acceptors (Lipinski definition) is 3. The fourth-order valence-electron chi connectivity index (χ4n) is 1.67. The van der Waals surface area contributed by atoms with Crippen molar-refractivity contribution in [3.8, 4) is 11.1 Å². The number of aryl methyl sites for hydroxylation is 1. The van der Waals surface area contributed by atoms with Crippen molar-refractivity contribution in [2.75, 3.05) is 5.73 Å². The molecule has 0 aliphatic carbocycles. The first kappa shape index (κ1) is 11.2. The average molecular weight is 281 g/mol. The highest BCUT2D eigenvalue weighted by Gasteiger charge is 2.14. The second-order valence-electron chi connectivity index (χ2n) is 3.63. The number of rotatable bonds is 3. The maximum Gasteiger partial charge on any atom is 0.230 e. The van der Waals surface area contributed by atoms with Crippen LogP contribution in [0, 0.1) is 0 Å². The number of nitrogens with two attached hydrogens (primary N) is 1. The van der Waals surface area contributed by atoms with Crippen molar-refractivity contribution >= 4 is 21.8 Å². The van der Waals surface area contributed by atoms with Crippen LogP contribution in [0.25, 0.3) is 11.1 Å². The molecule has 3 nitrogen and oxygen atoms in total. The van der Waals surface area contributed by atoms with Gasteiger partial charge >= 0.3 is 0 Å². The van der Waals surface area contributed by atoms with E-state index in [4.69, 9.17) is 10.3 Å². The summed E-state index contributed by atoms with van der Waals surface area (Å²) in [7, 11) is 0. The van der Waals surface area contributed by atoms with Crippen LogP contribution in [0.15, 0.2) is 33.3 Å². The van der Waals surface area contributed by atoms with Crippen molar-refractivity contribution < 1.29 is 4.52 Å². The lowest BCUT2D eigenvalue weighted by Gasteiger charge is -2.01. The Morgan fingerprint density at radius 2 is 2.00 bits per heavy atom. The second kappa shape index (κ2) is 4.70. The predicted molar refractivity (Wildman–Crippen MR) is 68.0 cm³/mol. The molecular formula is C12H13BrN2O. The SMILES string of the molecule is CCCc1noc(N)c1-c1ccc(Br)cc1. The molecular weight excluding hydrogens is 268 g/mol. The monoisotopic (exact) mass is 280 g/mol. The molecule has 1 aromatic heterocycles. The molecule has 0 atom stereocenters. The van der Waals surface area contributed by atoms with E-state index < -0.39 is 0 Å². The van der Waals surface area contributed by atoms with E-state index >= 15 is 0 Å². The van der Waals surface area contributed by atoms with E-state index in [9.17, 15) is 0 Å². The van der Waals surface area contributed by atoms with E-state index in [1.165, 1.54) is 0 Å². The minimum atomic E-state index is 0.394. The summed E-state index contributed by atoms with van der Waals surface area (Å²) in [4.78, 5) is 0. The first-order valence-corrected chi connectivity index (χ1v) is 6.01. The van der Waals surface area contributed by atoms with Crippen LogP contribution in [-0.4, -0.2) is 5.16 Å². The van der Waals surface area contributed by atoms with Crippen LogP contribution < -0.4 is 5.73 Å². The summed E-state index contributed by atoms with van der Waals surface area (Å²) in [6, 6.07) is 7.98. The Hall–Kier alpha value is -1.29. The van der Waals surface area contributed by atoms with Crippen molar-refractivity contribution in [1.29, 1.82) is 0 Å². The van der Waals surface area contributed by atoms with Gasteiger partial charge in [-0.05, 0) is 24.1 Å². The highest BCUT2D eigenvalue weighted by molar-refractivity contribution is 9.10. The Bertz CT molecular complexity index is 476. The van der Waals surface area contributed by atoms with E-state index in [2.05, 4.69) is 28.0 Å². The lowest BCUT2D eigenvalue weighted by Crippen LogP contribution is -1.90. The zero-order chi connectivity index (χ0) is 11.5. The molecule has 0 saturated carbocycles. The molecule has 16 heavy (non-hydrogen) atoms. The third kappa shape index (κ3) is 2.11. The van der Waals surface area contributed by atoms with Gasteiger partial charge in [0.25, 0.3) is 0 Å². The standard InChI is InChI=1S/C12H13BrN2O/c1-2-3-10-11(12(14)16-15-10)8-4-6-9(13)7-5-8/h4-7H,2-3,14H2,1H3. The molecule has 0 fully saturated rings. The molecule has 0 spiro atoms. The number of hydrogen-bond donors (Lipinski definition) is 1. The summed E-state index contributed by atoms with van der Waals surface area (Å²) in [5.74, 6) is 0.394. The second-order valence-corrected chi connectivity index (χ2v) is 4.54. The maximum absolute atomic E-state index is 5.80. The van der Waals surface area contributed by atoms with E-state index in [-0.39, 0.29) is 0 Å². The van der Waals surface area contributed by atoms with Gasteiger partial charge in [-0.15, -0.1) is 0 Å². The van der Waals surface area contributed by atoms with E-state index in [0.717, 1.165) is 34.1 Å². The highest BCUT2D eigenvalue weighted by Crippen LogP contribution is 2.31. The van der Waals surface area contributed by atoms with Gasteiger partial charge in [-0.1, -0.05) is 46.6 Å². The third-order valence-electron chi connectivity index (χ3n) is 2.41. The average Bonchev–Trinajstić information content (AvgIpc) is 2.62. The molecule has 0 radical (unpaired) electrons. The van der Waals surface area contributed by atoms with Crippen LogP contribution in [0.3, 0.4) is 0 Å². The summed E-state index contributed by atoms with van der Waals surface area (Å²) < 4.78 is 6.09. The van der Waals surface area contributed by atoms with Gasteiger partial charge in [0.2, 0.25) is 5.88 Å². The van der Waals surface area contributed by atoms with Gasteiger partial charge in [0.15, 0.2) is 0 Å². The van der Waals surface area contributed by atoms with Crippen LogP contribution in [0.1, 0.15) is 19.0 Å². The molecule has 0 unspecified atom stereocenters. The largest absolute Gasteiger partial charge is 0.367 e. The van der Waals surface area contributed by atoms with Gasteiger partial charge in [0, 0.05) is 4.47 Å². The molecule has 1 aromatic carbocycles. The molecule has 0 bridgehead atoms. The lowest BCUT2D eigenvalue weighted by atomic mass is 10.0. The quantitative estimate of drug-likeness (QED) is 0.934. The summed E-state index contributed by atoms with van der Waals surface area (Å²) in [5, 5.41) is 3.99. The molecule has 0 aliphatic heterocycles. The zero-order valence-corrected chi connectivity index (χ0v) is 10.6. The van der Waals surface area contributed by atoms with E-state index in [1.54, 1.807) is 0 Å². The van der Waals surface area contributed by atoms with Gasteiger partial charge in [-0.3, -0.25) is 0 Å². The van der Waals surface area contributed by atoms with E-state index in [0.29, 0.717) is 5.88 Å². The van der Waals surface area contributed by atoms with Crippen molar-refractivity contribution in [2.45, 2.75) is 19.8 Å². The van der Waals surface area contributed by atoms with Gasteiger partial charge in [0.05, 0.1) is 11.3 Å². The Balaban J connectivity index is 2.45. The number of aromatic nitrogens is 1. The molecule has 84 valence electrons. The van der Waals surface area contributed by atoms with Gasteiger partial charge in [0.1, 0.15) is 0 Å². The van der Waals surface area contributed by atoms with Gasteiger partial charge in [-0.25, -0.2) is 0 Å². The number of halogens is 1. The molecule has 4 heteroatoms. The number of benzene rings is 1. The lowest BCUT2D eigenvalue weighted by molar-refractivity contribution is 0.427. The topological polar surface area (TPSA) is 52.0 Å². The molecule has 1 heterocycles. The normalized spacial score (nSPS) is 10.6. The Morgan fingerprint density at radius 1 is 1.31 bits per heavy atom. The fourth-order valence-corrected chi connectivity index (χ4v) is 1.93. The predicted octanol–water partition coefficient (Wildman–Crippen LogP) is 3.64. The number of anilines is 1. The zero-order valence-electron chi connectivity index (χ0n) is 9.03. The first-order valence-electron chi connectivity index (χ1n) is 5.22. The Labute approximate surface area is 103 Å². The van der Waals surface area contributed by atoms with Crippen LogP contribution in [0.4, 0.5) is 5.88 Å². The number of nitrogen functional groups attached to an aromatic ring is 1. The minimum Gasteiger partial charge on any atom is -0.367 e.